The predicted molar refractivity (Wildman–Crippen MR) is 66.3 cm³/mol. The van der Waals surface area contributed by atoms with Crippen molar-refractivity contribution in [3.63, 3.8) is 0 Å². The van der Waals surface area contributed by atoms with E-state index in [1.807, 2.05) is 0 Å². The minimum Gasteiger partial charge on any atom is -0.383 e. The highest BCUT2D eigenvalue weighted by atomic mass is 19.1. The van der Waals surface area contributed by atoms with Gasteiger partial charge in [-0.1, -0.05) is 0 Å². The maximum Gasteiger partial charge on any atom is 0.255 e. The number of nitrogens with one attached hydrogen (secondary N) is 1. The lowest BCUT2D eigenvalue weighted by molar-refractivity contribution is 0.102. The largest absolute Gasteiger partial charge is 0.383 e. The third kappa shape index (κ3) is 3.59. The number of ether oxygens (including phenoxy) is 1. The number of amides is 1. The van der Waals surface area contributed by atoms with Crippen molar-refractivity contribution in [3.05, 3.63) is 42.2 Å². The summed E-state index contributed by atoms with van der Waals surface area (Å²) in [5.74, 6) is -1.10. The van der Waals surface area contributed by atoms with Crippen LogP contribution in [0.1, 0.15) is 10.4 Å². The molecule has 0 unspecified atom stereocenters. The summed E-state index contributed by atoms with van der Waals surface area (Å²) in [6.07, 6.45) is 4.44. The minimum atomic E-state index is -0.691. The SMILES string of the molecule is COCCn1cc(NC(=O)c2ccnc(F)c2)cn1. The number of rotatable bonds is 5. The molecule has 0 aromatic carbocycles. The summed E-state index contributed by atoms with van der Waals surface area (Å²) >= 11 is 0. The Bertz CT molecular complexity index is 570. The minimum absolute atomic E-state index is 0.206. The van der Waals surface area contributed by atoms with Crippen LogP contribution in [0, 0.1) is 5.95 Å². The summed E-state index contributed by atoms with van der Waals surface area (Å²) in [5, 5.41) is 6.68. The van der Waals surface area contributed by atoms with Crippen LogP contribution in [0.2, 0.25) is 0 Å². The number of pyridine rings is 1. The van der Waals surface area contributed by atoms with E-state index in [4.69, 9.17) is 4.74 Å². The summed E-state index contributed by atoms with van der Waals surface area (Å²) in [6.45, 7) is 1.13. The summed E-state index contributed by atoms with van der Waals surface area (Å²) in [4.78, 5) is 15.2. The fourth-order valence-corrected chi connectivity index (χ4v) is 1.48. The highest BCUT2D eigenvalue weighted by molar-refractivity contribution is 6.04. The molecule has 2 aromatic rings. The Morgan fingerprint density at radius 3 is 3.16 bits per heavy atom. The maximum absolute atomic E-state index is 12.9. The van der Waals surface area contributed by atoms with Crippen molar-refractivity contribution < 1.29 is 13.9 Å². The van der Waals surface area contributed by atoms with E-state index in [9.17, 15) is 9.18 Å². The van der Waals surface area contributed by atoms with Gasteiger partial charge in [-0.3, -0.25) is 9.48 Å². The molecule has 2 aromatic heterocycles. The Kier molecular flexibility index (Phi) is 4.19. The topological polar surface area (TPSA) is 69.0 Å². The number of methoxy groups -OCH3 is 1. The van der Waals surface area contributed by atoms with E-state index < -0.39 is 11.9 Å². The quantitative estimate of drug-likeness (QED) is 0.827. The van der Waals surface area contributed by atoms with Gasteiger partial charge in [0.25, 0.3) is 5.91 Å². The van der Waals surface area contributed by atoms with Crippen LogP contribution < -0.4 is 5.32 Å². The Morgan fingerprint density at radius 2 is 2.42 bits per heavy atom. The van der Waals surface area contributed by atoms with Gasteiger partial charge in [0.2, 0.25) is 5.95 Å². The van der Waals surface area contributed by atoms with E-state index in [0.29, 0.717) is 18.8 Å². The molecule has 1 N–H and O–H groups in total. The molecule has 0 radical (unpaired) electrons. The second-order valence-electron chi connectivity index (χ2n) is 3.81. The second kappa shape index (κ2) is 6.05. The summed E-state index contributed by atoms with van der Waals surface area (Å²) in [7, 11) is 1.60. The van der Waals surface area contributed by atoms with Crippen molar-refractivity contribution in [2.75, 3.05) is 19.0 Å². The molecule has 19 heavy (non-hydrogen) atoms. The molecular weight excluding hydrogens is 251 g/mol. The molecule has 0 atom stereocenters. The average Bonchev–Trinajstić information content (AvgIpc) is 2.84. The fraction of sp³-hybridized carbons (Fsp3) is 0.250. The Hall–Kier alpha value is -2.28. The van der Waals surface area contributed by atoms with Crippen LogP contribution in [0.3, 0.4) is 0 Å². The third-order valence-electron chi connectivity index (χ3n) is 2.40. The molecule has 0 fully saturated rings. The molecule has 0 aliphatic heterocycles. The average molecular weight is 264 g/mol. The van der Waals surface area contributed by atoms with Gasteiger partial charge in [0, 0.05) is 31.1 Å². The van der Waals surface area contributed by atoms with E-state index in [0.717, 1.165) is 6.07 Å². The van der Waals surface area contributed by atoms with Crippen LogP contribution in [0.25, 0.3) is 0 Å². The van der Waals surface area contributed by atoms with Gasteiger partial charge in [0.1, 0.15) is 0 Å². The maximum atomic E-state index is 12.9. The van der Waals surface area contributed by atoms with Crippen LogP contribution in [-0.2, 0) is 11.3 Å². The van der Waals surface area contributed by atoms with Gasteiger partial charge < -0.3 is 10.1 Å². The zero-order valence-electron chi connectivity index (χ0n) is 10.3. The predicted octanol–water partition coefficient (Wildman–Crippen LogP) is 1.32. The number of carbonyl (C=O) groups is 1. The van der Waals surface area contributed by atoms with Crippen molar-refractivity contribution >= 4 is 11.6 Å². The first kappa shape index (κ1) is 13.2. The number of carbonyl (C=O) groups excluding carboxylic acids is 1. The normalized spacial score (nSPS) is 10.4. The number of aromatic nitrogens is 3. The van der Waals surface area contributed by atoms with E-state index in [2.05, 4.69) is 15.4 Å². The smallest absolute Gasteiger partial charge is 0.255 e. The molecule has 2 heterocycles. The highest BCUT2D eigenvalue weighted by Gasteiger charge is 2.08. The number of hydrogen-bond donors (Lipinski definition) is 1. The van der Waals surface area contributed by atoms with E-state index in [1.165, 1.54) is 18.5 Å². The van der Waals surface area contributed by atoms with Crippen molar-refractivity contribution in [2.24, 2.45) is 0 Å². The number of hydrogen-bond acceptors (Lipinski definition) is 4. The number of anilines is 1. The lowest BCUT2D eigenvalue weighted by atomic mass is 10.2. The van der Waals surface area contributed by atoms with Gasteiger partial charge >= 0.3 is 0 Å². The molecule has 0 spiro atoms. The number of halogens is 1. The van der Waals surface area contributed by atoms with Crippen molar-refractivity contribution in [3.8, 4) is 0 Å². The van der Waals surface area contributed by atoms with E-state index in [-0.39, 0.29) is 5.56 Å². The molecule has 6 nitrogen and oxygen atoms in total. The van der Waals surface area contributed by atoms with E-state index >= 15 is 0 Å². The molecular formula is C12H13FN4O2. The first-order valence-electron chi connectivity index (χ1n) is 5.63. The second-order valence-corrected chi connectivity index (χ2v) is 3.81. The molecule has 100 valence electrons. The molecule has 0 aliphatic carbocycles. The first-order valence-corrected chi connectivity index (χ1v) is 5.63. The van der Waals surface area contributed by atoms with Crippen LogP contribution in [-0.4, -0.2) is 34.4 Å². The zero-order chi connectivity index (χ0) is 13.7. The van der Waals surface area contributed by atoms with Crippen LogP contribution in [0.5, 0.6) is 0 Å². The van der Waals surface area contributed by atoms with Crippen molar-refractivity contribution in [1.29, 1.82) is 0 Å². The molecule has 0 saturated heterocycles. The summed E-state index contributed by atoms with van der Waals surface area (Å²) in [5.41, 5.74) is 0.746. The Labute approximate surface area is 109 Å². The molecule has 0 saturated carbocycles. The van der Waals surface area contributed by atoms with Crippen LogP contribution >= 0.6 is 0 Å². The Morgan fingerprint density at radius 1 is 1.58 bits per heavy atom. The van der Waals surface area contributed by atoms with Gasteiger partial charge in [-0.15, -0.1) is 0 Å². The fourth-order valence-electron chi connectivity index (χ4n) is 1.48. The molecule has 7 heteroatoms. The zero-order valence-corrected chi connectivity index (χ0v) is 10.3. The van der Waals surface area contributed by atoms with E-state index in [1.54, 1.807) is 18.0 Å². The first-order chi connectivity index (χ1) is 9.19. The monoisotopic (exact) mass is 264 g/mol. The van der Waals surface area contributed by atoms with Gasteiger partial charge in [-0.05, 0) is 6.07 Å². The van der Waals surface area contributed by atoms with Gasteiger partial charge in [0.05, 0.1) is 25.0 Å². The summed E-state index contributed by atoms with van der Waals surface area (Å²) in [6, 6.07) is 2.51. The van der Waals surface area contributed by atoms with Crippen LogP contribution in [0.4, 0.5) is 10.1 Å². The van der Waals surface area contributed by atoms with Crippen molar-refractivity contribution in [1.82, 2.24) is 14.8 Å². The molecule has 0 aliphatic rings. The Balaban J connectivity index is 2.00. The molecule has 1 amide bonds. The van der Waals surface area contributed by atoms with Gasteiger partial charge in [0.15, 0.2) is 0 Å². The lowest BCUT2D eigenvalue weighted by Crippen LogP contribution is -2.12. The lowest BCUT2D eigenvalue weighted by Gasteiger charge is -2.02. The standard InChI is InChI=1S/C12H13FN4O2/c1-19-5-4-17-8-10(7-15-17)16-12(18)9-2-3-14-11(13)6-9/h2-3,6-8H,4-5H2,1H3,(H,16,18). The molecule has 0 bridgehead atoms. The molecule has 2 rings (SSSR count). The van der Waals surface area contributed by atoms with Crippen LogP contribution in [0.15, 0.2) is 30.7 Å². The third-order valence-corrected chi connectivity index (χ3v) is 2.40. The van der Waals surface area contributed by atoms with Gasteiger partial charge in [-0.25, -0.2) is 4.98 Å². The summed E-state index contributed by atoms with van der Waals surface area (Å²) < 4.78 is 19.5. The highest BCUT2D eigenvalue weighted by Crippen LogP contribution is 2.08. The van der Waals surface area contributed by atoms with Gasteiger partial charge in [-0.2, -0.15) is 9.49 Å². The van der Waals surface area contributed by atoms with Crippen molar-refractivity contribution in [2.45, 2.75) is 6.54 Å². The number of nitrogens with zero attached hydrogens (tertiary/aromatic N) is 3.